The lowest BCUT2D eigenvalue weighted by atomic mass is 9.53. The first kappa shape index (κ1) is 10.1. The molecule has 2 rings (SSSR count). The van der Waals surface area contributed by atoms with E-state index in [0.717, 1.165) is 6.42 Å². The first-order chi connectivity index (χ1) is 7.03. The summed E-state index contributed by atoms with van der Waals surface area (Å²) in [6.07, 6.45) is 5.51. The van der Waals surface area contributed by atoms with E-state index in [9.17, 15) is 14.9 Å². The van der Waals surface area contributed by atoms with Crippen molar-refractivity contribution >= 4 is 5.97 Å². The lowest BCUT2D eigenvalue weighted by Gasteiger charge is -2.48. The van der Waals surface area contributed by atoms with Crippen LogP contribution >= 0.6 is 0 Å². The summed E-state index contributed by atoms with van der Waals surface area (Å²) in [7, 11) is 0. The van der Waals surface area contributed by atoms with Gasteiger partial charge in [-0.1, -0.05) is 12.2 Å². The van der Waals surface area contributed by atoms with Crippen LogP contribution in [0.4, 0.5) is 0 Å². The molecule has 0 aromatic rings. The van der Waals surface area contributed by atoms with Crippen molar-refractivity contribution in [2.45, 2.75) is 19.3 Å². The number of allylic oxidation sites excluding steroid dienone is 2. The fourth-order valence-corrected chi connectivity index (χ4v) is 3.09. The number of aliphatic carboxylic acids is 1. The first-order valence-corrected chi connectivity index (χ1v) is 5.04. The van der Waals surface area contributed by atoms with Crippen molar-refractivity contribution in [3.63, 3.8) is 0 Å². The third kappa shape index (κ3) is 1.62. The van der Waals surface area contributed by atoms with Gasteiger partial charge in [0.05, 0.1) is 11.8 Å². The number of hydrogen-bond donors (Lipinski definition) is 1. The lowest BCUT2D eigenvalue weighted by molar-refractivity contribution is -0.505. The van der Waals surface area contributed by atoms with E-state index in [4.69, 9.17) is 5.11 Å². The number of rotatable bonds is 4. The highest BCUT2D eigenvalue weighted by atomic mass is 16.6. The van der Waals surface area contributed by atoms with E-state index in [1.807, 2.05) is 12.2 Å². The number of fused-ring (bicyclic) bond motifs is 1. The molecule has 0 aromatic heterocycles. The number of nitro groups is 1. The molecule has 82 valence electrons. The third-order valence-electron chi connectivity index (χ3n) is 3.61. The zero-order valence-corrected chi connectivity index (χ0v) is 8.26. The molecule has 0 bridgehead atoms. The van der Waals surface area contributed by atoms with Crippen LogP contribution in [0.3, 0.4) is 0 Å². The minimum Gasteiger partial charge on any atom is -0.481 e. The summed E-state index contributed by atoms with van der Waals surface area (Å²) in [6, 6.07) is 0. The summed E-state index contributed by atoms with van der Waals surface area (Å²) in [4.78, 5) is 20.9. The number of carboxylic acid groups (broad SMARTS) is 1. The van der Waals surface area contributed by atoms with Crippen molar-refractivity contribution in [3.05, 3.63) is 22.3 Å². The van der Waals surface area contributed by atoms with Gasteiger partial charge in [-0.25, -0.2) is 0 Å². The van der Waals surface area contributed by atoms with Gasteiger partial charge in [0.2, 0.25) is 6.54 Å². The van der Waals surface area contributed by atoms with Crippen molar-refractivity contribution in [1.29, 1.82) is 0 Å². The van der Waals surface area contributed by atoms with E-state index in [-0.39, 0.29) is 23.8 Å². The molecular formula is C10H13NO4. The van der Waals surface area contributed by atoms with E-state index in [2.05, 4.69) is 0 Å². The largest absolute Gasteiger partial charge is 0.481 e. The molecule has 2 aliphatic rings. The fraction of sp³-hybridized carbons (Fsp3) is 0.700. The molecule has 15 heavy (non-hydrogen) atoms. The minimum atomic E-state index is -0.935. The molecule has 1 N–H and O–H groups in total. The molecule has 0 saturated heterocycles. The average Bonchev–Trinajstić information content (AvgIpc) is 2.44. The van der Waals surface area contributed by atoms with Crippen molar-refractivity contribution in [3.8, 4) is 0 Å². The van der Waals surface area contributed by atoms with E-state index in [1.165, 1.54) is 0 Å². The van der Waals surface area contributed by atoms with E-state index < -0.39 is 11.4 Å². The zero-order valence-electron chi connectivity index (χ0n) is 8.26. The van der Waals surface area contributed by atoms with E-state index >= 15 is 0 Å². The molecule has 3 atom stereocenters. The molecule has 0 heterocycles. The average molecular weight is 211 g/mol. The molecule has 0 amide bonds. The Morgan fingerprint density at radius 2 is 2.40 bits per heavy atom. The summed E-state index contributed by atoms with van der Waals surface area (Å²) in [6.45, 7) is -0.217. The van der Waals surface area contributed by atoms with Crippen LogP contribution in [0, 0.1) is 27.4 Å². The first-order valence-electron chi connectivity index (χ1n) is 5.04. The number of carbonyl (C=O) groups is 1. The normalized spacial score (nSPS) is 37.1. The predicted octanol–water partition coefficient (Wildman–Crippen LogP) is 1.32. The Morgan fingerprint density at radius 1 is 1.67 bits per heavy atom. The molecule has 0 aliphatic heterocycles. The standard InChI is InChI=1S/C10H13NO4/c12-9(13)5-10(6-11(14)15)4-7-2-1-3-8(7)10/h1,3,7-8H,2,4-6H2,(H,12,13). The van der Waals surface area contributed by atoms with Crippen LogP contribution in [-0.2, 0) is 4.79 Å². The smallest absolute Gasteiger partial charge is 0.304 e. The summed E-state index contributed by atoms with van der Waals surface area (Å²) in [5.41, 5.74) is -0.618. The van der Waals surface area contributed by atoms with Gasteiger partial charge >= 0.3 is 5.97 Å². The van der Waals surface area contributed by atoms with Crippen molar-refractivity contribution in [1.82, 2.24) is 0 Å². The van der Waals surface area contributed by atoms with Crippen LogP contribution in [-0.4, -0.2) is 22.5 Å². The van der Waals surface area contributed by atoms with Gasteiger partial charge in [0.1, 0.15) is 0 Å². The molecule has 2 aliphatic carbocycles. The number of nitrogens with zero attached hydrogens (tertiary/aromatic N) is 1. The Bertz CT molecular complexity index is 320. The van der Waals surface area contributed by atoms with Crippen LogP contribution in [0.2, 0.25) is 0 Å². The van der Waals surface area contributed by atoms with Crippen LogP contribution in [0.25, 0.3) is 0 Å². The lowest BCUT2D eigenvalue weighted by Crippen LogP contribution is -2.50. The molecular weight excluding hydrogens is 198 g/mol. The molecule has 3 unspecified atom stereocenters. The molecule has 0 spiro atoms. The van der Waals surface area contributed by atoms with Gasteiger partial charge in [0.15, 0.2) is 0 Å². The highest BCUT2D eigenvalue weighted by Gasteiger charge is 2.57. The van der Waals surface area contributed by atoms with Gasteiger partial charge in [-0.3, -0.25) is 14.9 Å². The topological polar surface area (TPSA) is 80.4 Å². The quantitative estimate of drug-likeness (QED) is 0.432. The van der Waals surface area contributed by atoms with Crippen LogP contribution < -0.4 is 0 Å². The van der Waals surface area contributed by atoms with Gasteiger partial charge in [-0.2, -0.15) is 0 Å². The number of carboxylic acids is 1. The van der Waals surface area contributed by atoms with Gasteiger partial charge in [-0.15, -0.1) is 0 Å². The SMILES string of the molecule is O=C(O)CC1(C[N+](=O)[O-])CC2CC=CC21. The second-order valence-electron chi connectivity index (χ2n) is 4.58. The van der Waals surface area contributed by atoms with E-state index in [1.54, 1.807) is 0 Å². The molecule has 1 fully saturated rings. The second kappa shape index (κ2) is 3.32. The monoisotopic (exact) mass is 211 g/mol. The number of hydrogen-bond acceptors (Lipinski definition) is 3. The molecule has 5 heteroatoms. The molecule has 5 nitrogen and oxygen atoms in total. The Morgan fingerprint density at radius 3 is 2.93 bits per heavy atom. The van der Waals surface area contributed by atoms with Gasteiger partial charge in [0, 0.05) is 4.92 Å². The summed E-state index contributed by atoms with van der Waals surface area (Å²) in [5, 5.41) is 19.4. The maximum absolute atomic E-state index is 10.7. The summed E-state index contributed by atoms with van der Waals surface area (Å²) in [5.74, 6) is -0.376. The maximum Gasteiger partial charge on any atom is 0.304 e. The van der Waals surface area contributed by atoms with E-state index in [0.29, 0.717) is 12.3 Å². The molecule has 0 radical (unpaired) electrons. The Balaban J connectivity index is 2.13. The molecule has 1 saturated carbocycles. The molecule has 0 aromatic carbocycles. The van der Waals surface area contributed by atoms with Gasteiger partial charge in [-0.05, 0) is 24.7 Å². The Hall–Kier alpha value is -1.39. The fourth-order valence-electron chi connectivity index (χ4n) is 3.09. The van der Waals surface area contributed by atoms with Crippen molar-refractivity contribution in [2.24, 2.45) is 17.3 Å². The minimum absolute atomic E-state index is 0.0838. The van der Waals surface area contributed by atoms with Crippen molar-refractivity contribution < 1.29 is 14.8 Å². The van der Waals surface area contributed by atoms with Gasteiger partial charge in [0.25, 0.3) is 0 Å². The van der Waals surface area contributed by atoms with Crippen LogP contribution in [0.1, 0.15) is 19.3 Å². The Labute approximate surface area is 86.9 Å². The summed E-state index contributed by atoms with van der Waals surface area (Å²) >= 11 is 0. The van der Waals surface area contributed by atoms with Crippen molar-refractivity contribution in [2.75, 3.05) is 6.54 Å². The second-order valence-corrected chi connectivity index (χ2v) is 4.58. The predicted molar refractivity (Wildman–Crippen MR) is 51.9 cm³/mol. The highest BCUT2D eigenvalue weighted by molar-refractivity contribution is 5.68. The maximum atomic E-state index is 10.7. The van der Waals surface area contributed by atoms with Gasteiger partial charge < -0.3 is 5.11 Å². The zero-order chi connectivity index (χ0) is 11.1. The van der Waals surface area contributed by atoms with Crippen LogP contribution in [0.15, 0.2) is 12.2 Å². The Kier molecular flexibility index (Phi) is 2.25. The van der Waals surface area contributed by atoms with Crippen LogP contribution in [0.5, 0.6) is 0 Å². The summed E-state index contributed by atoms with van der Waals surface area (Å²) < 4.78 is 0. The third-order valence-corrected chi connectivity index (χ3v) is 3.61. The highest BCUT2D eigenvalue weighted by Crippen LogP contribution is 2.58.